The van der Waals surface area contributed by atoms with E-state index in [1.807, 2.05) is 72.8 Å². The number of benzene rings is 4. The molecule has 6 nitrogen and oxygen atoms in total. The van der Waals surface area contributed by atoms with Crippen LogP contribution in [0.25, 0.3) is 0 Å². The first-order chi connectivity index (χ1) is 24.4. The van der Waals surface area contributed by atoms with Crippen LogP contribution in [0, 0.1) is 13.8 Å². The average molecular weight is 791 g/mol. The zero-order valence-corrected chi connectivity index (χ0v) is 31.0. The number of hydrogen-bond acceptors (Lipinski definition) is 6. The van der Waals surface area contributed by atoms with Crippen LogP contribution < -0.4 is 0 Å². The molecule has 2 unspecified atom stereocenters. The van der Waals surface area contributed by atoms with Crippen molar-refractivity contribution in [2.45, 2.75) is 38.5 Å². The van der Waals surface area contributed by atoms with Gasteiger partial charge in [-0.05, 0) is 109 Å². The second-order valence-corrected chi connectivity index (χ2v) is 13.8. The molecule has 0 saturated carbocycles. The lowest BCUT2D eigenvalue weighted by atomic mass is 9.83. The number of rotatable bonds is 10. The highest BCUT2D eigenvalue weighted by Gasteiger charge is 2.24. The lowest BCUT2D eigenvalue weighted by Gasteiger charge is -2.21. The summed E-state index contributed by atoms with van der Waals surface area (Å²) in [5.41, 5.74) is 10.1. The molecule has 4 aromatic carbocycles. The molecule has 0 aliphatic heterocycles. The van der Waals surface area contributed by atoms with Gasteiger partial charge in [-0.2, -0.15) is 0 Å². The van der Waals surface area contributed by atoms with Gasteiger partial charge in [0.25, 0.3) is 0 Å². The summed E-state index contributed by atoms with van der Waals surface area (Å²) in [4.78, 5) is 8.13. The zero-order valence-electron chi connectivity index (χ0n) is 27.9. The van der Waals surface area contributed by atoms with Crippen molar-refractivity contribution in [3.05, 3.63) is 200 Å². The van der Waals surface area contributed by atoms with E-state index in [2.05, 4.69) is 115 Å². The number of halogens is 2. The lowest BCUT2D eigenvalue weighted by molar-refractivity contribution is 0.316. The number of nitrogens with zero attached hydrogens (tertiary/aromatic N) is 4. The highest BCUT2D eigenvalue weighted by molar-refractivity contribution is 9.10. The van der Waals surface area contributed by atoms with Crippen LogP contribution in [0.2, 0.25) is 0 Å². The van der Waals surface area contributed by atoms with Gasteiger partial charge in [0.1, 0.15) is 0 Å². The molecule has 0 aliphatic rings. The molecule has 0 fully saturated rings. The Morgan fingerprint density at radius 3 is 1.18 bits per heavy atom. The highest BCUT2D eigenvalue weighted by atomic mass is 79.9. The second kappa shape index (κ2) is 18.2. The van der Waals surface area contributed by atoms with Gasteiger partial charge < -0.3 is 10.4 Å². The van der Waals surface area contributed by atoms with Crippen LogP contribution in [0.4, 0.5) is 0 Å². The van der Waals surface area contributed by atoms with Crippen molar-refractivity contribution >= 4 is 43.3 Å². The quantitative estimate of drug-likeness (QED) is 0.0821. The van der Waals surface area contributed by atoms with Crippen molar-refractivity contribution in [1.82, 2.24) is 9.97 Å². The molecule has 0 amide bonds. The molecule has 252 valence electrons. The Morgan fingerprint density at radius 2 is 0.860 bits per heavy atom. The molecular weight excluding hydrogens is 752 g/mol. The topological polar surface area (TPSA) is 91.0 Å². The molecule has 0 aliphatic carbocycles. The van der Waals surface area contributed by atoms with E-state index in [1.54, 1.807) is 24.8 Å². The molecular formula is C42H38Br2N4O2. The summed E-state index contributed by atoms with van der Waals surface area (Å²) >= 11 is 6.95. The number of pyridine rings is 2. The Morgan fingerprint density at radius 1 is 0.520 bits per heavy atom. The fourth-order valence-electron chi connectivity index (χ4n) is 6.08. The Bertz CT molecular complexity index is 1870. The first-order valence-corrected chi connectivity index (χ1v) is 17.8. The summed E-state index contributed by atoms with van der Waals surface area (Å²) in [7, 11) is 0. The van der Waals surface area contributed by atoms with Gasteiger partial charge in [-0.25, -0.2) is 0 Å². The van der Waals surface area contributed by atoms with Crippen LogP contribution in [0.5, 0.6) is 0 Å². The molecule has 2 atom stereocenters. The van der Waals surface area contributed by atoms with Crippen LogP contribution in [0.15, 0.2) is 165 Å². The molecule has 2 aromatic heterocycles. The summed E-state index contributed by atoms with van der Waals surface area (Å²) in [6.45, 7) is 4.18. The monoisotopic (exact) mass is 788 g/mol. The van der Waals surface area contributed by atoms with E-state index in [1.165, 1.54) is 22.3 Å². The first-order valence-electron chi connectivity index (χ1n) is 16.2. The van der Waals surface area contributed by atoms with Crippen LogP contribution in [0.3, 0.4) is 0 Å². The predicted octanol–water partition coefficient (Wildman–Crippen LogP) is 10.7. The molecule has 2 heterocycles. The molecule has 0 bridgehead atoms. The van der Waals surface area contributed by atoms with Gasteiger partial charge >= 0.3 is 0 Å². The van der Waals surface area contributed by atoms with Gasteiger partial charge in [-0.15, -0.1) is 0 Å². The van der Waals surface area contributed by atoms with E-state index in [0.29, 0.717) is 11.4 Å². The molecule has 6 rings (SSSR count). The smallest absolute Gasteiger partial charge is 0.0946 e. The number of aromatic nitrogens is 2. The van der Waals surface area contributed by atoms with Crippen molar-refractivity contribution in [3.8, 4) is 0 Å². The summed E-state index contributed by atoms with van der Waals surface area (Å²) in [6.07, 6.45) is 8.37. The van der Waals surface area contributed by atoms with Crippen LogP contribution >= 0.6 is 31.9 Å². The van der Waals surface area contributed by atoms with Crippen molar-refractivity contribution in [3.63, 3.8) is 0 Å². The molecule has 8 heteroatoms. The first kappa shape index (κ1) is 36.4. The molecule has 0 spiro atoms. The molecule has 2 N–H and O–H groups in total. The van der Waals surface area contributed by atoms with Crippen molar-refractivity contribution in [2.24, 2.45) is 10.3 Å². The van der Waals surface area contributed by atoms with Gasteiger partial charge in [-0.1, -0.05) is 115 Å². The number of hydrogen-bond donors (Lipinski definition) is 2. The van der Waals surface area contributed by atoms with E-state index in [0.717, 1.165) is 44.0 Å². The fourth-order valence-corrected chi connectivity index (χ4v) is 6.61. The standard InChI is InChI=1S/2C21H19BrN2O/c2*1-15-4-2-3-5-19(15)20(14-16-6-8-18(22)9-7-16)21(24-25)17-10-12-23-13-11-17/h2*2-13,20,25H,14H2,1H3/b24-21+;24-21-. The fraction of sp³-hybridized carbons (Fsp3) is 0.143. The SMILES string of the molecule is Cc1ccccc1C(Cc1ccc(Br)cc1)/C(=N/O)c1ccncc1.Cc1ccccc1C(Cc1ccc(Br)cc1)/C(=N\O)c1ccncc1. The maximum absolute atomic E-state index is 9.78. The molecule has 0 radical (unpaired) electrons. The Hall–Kier alpha value is -4.92. The van der Waals surface area contributed by atoms with E-state index < -0.39 is 0 Å². The third kappa shape index (κ3) is 9.61. The van der Waals surface area contributed by atoms with Gasteiger partial charge in [0.15, 0.2) is 0 Å². The minimum absolute atomic E-state index is 0.0465. The molecule has 6 aromatic rings. The lowest BCUT2D eigenvalue weighted by Crippen LogP contribution is -2.18. The number of oxime groups is 2. The normalized spacial score (nSPS) is 12.8. The number of aryl methyl sites for hydroxylation is 2. The summed E-state index contributed by atoms with van der Waals surface area (Å²) in [6, 6.07) is 40.5. The van der Waals surface area contributed by atoms with E-state index in [-0.39, 0.29) is 11.8 Å². The van der Waals surface area contributed by atoms with Gasteiger partial charge in [0.05, 0.1) is 11.4 Å². The predicted molar refractivity (Wildman–Crippen MR) is 209 cm³/mol. The summed E-state index contributed by atoms with van der Waals surface area (Å²) in [5.74, 6) is -0.0930. The Labute approximate surface area is 310 Å². The van der Waals surface area contributed by atoms with Gasteiger partial charge in [0.2, 0.25) is 0 Å². The van der Waals surface area contributed by atoms with Gasteiger partial charge in [-0.3, -0.25) is 9.97 Å². The largest absolute Gasteiger partial charge is 0.411 e. The van der Waals surface area contributed by atoms with E-state index >= 15 is 0 Å². The third-order valence-corrected chi connectivity index (χ3v) is 9.72. The second-order valence-electron chi connectivity index (χ2n) is 11.9. The highest BCUT2D eigenvalue weighted by Crippen LogP contribution is 2.30. The Kier molecular flexibility index (Phi) is 13.2. The van der Waals surface area contributed by atoms with Gasteiger partial charge in [0, 0.05) is 56.7 Å². The van der Waals surface area contributed by atoms with Crippen molar-refractivity contribution in [2.75, 3.05) is 0 Å². The maximum Gasteiger partial charge on any atom is 0.0946 e. The maximum atomic E-state index is 9.78. The van der Waals surface area contributed by atoms with Crippen LogP contribution in [0.1, 0.15) is 56.3 Å². The van der Waals surface area contributed by atoms with E-state index in [9.17, 15) is 10.4 Å². The minimum Gasteiger partial charge on any atom is -0.411 e. The zero-order chi connectivity index (χ0) is 35.3. The summed E-state index contributed by atoms with van der Waals surface area (Å²) in [5, 5.41) is 26.9. The summed E-state index contributed by atoms with van der Waals surface area (Å²) < 4.78 is 2.10. The average Bonchev–Trinajstić information content (AvgIpc) is 3.15. The van der Waals surface area contributed by atoms with Crippen molar-refractivity contribution in [1.29, 1.82) is 0 Å². The Balaban J connectivity index is 0.000000194. The van der Waals surface area contributed by atoms with Crippen LogP contribution in [-0.4, -0.2) is 31.8 Å². The van der Waals surface area contributed by atoms with E-state index in [4.69, 9.17) is 0 Å². The minimum atomic E-state index is -0.0465. The van der Waals surface area contributed by atoms with Crippen molar-refractivity contribution < 1.29 is 10.4 Å². The third-order valence-electron chi connectivity index (χ3n) is 8.66. The molecule has 50 heavy (non-hydrogen) atoms. The molecule has 0 saturated heterocycles. The van der Waals surface area contributed by atoms with Crippen LogP contribution in [-0.2, 0) is 12.8 Å².